The summed E-state index contributed by atoms with van der Waals surface area (Å²) in [5.41, 5.74) is 3.18. The van der Waals surface area contributed by atoms with E-state index in [9.17, 15) is 5.11 Å². The Morgan fingerprint density at radius 1 is 1.05 bits per heavy atom. The van der Waals surface area contributed by atoms with E-state index in [0.717, 1.165) is 26.1 Å². The van der Waals surface area contributed by atoms with Gasteiger partial charge in [-0.25, -0.2) is 0 Å². The van der Waals surface area contributed by atoms with Crippen LogP contribution < -0.4 is 0 Å². The fourth-order valence-corrected chi connectivity index (χ4v) is 3.83. The second-order valence-corrected chi connectivity index (χ2v) is 6.45. The average Bonchev–Trinajstić information content (AvgIpc) is 2.48. The Bertz CT molecular complexity index is 423. The summed E-state index contributed by atoms with van der Waals surface area (Å²) in [6, 6.07) is 8.80. The predicted octanol–water partition coefficient (Wildman–Crippen LogP) is 2.99. The van der Waals surface area contributed by atoms with Gasteiger partial charge < -0.3 is 5.11 Å². The number of hydrogen-bond acceptors (Lipinski definition) is 2. The van der Waals surface area contributed by atoms with Crippen molar-refractivity contribution in [2.75, 3.05) is 19.7 Å². The normalized spacial score (nSPS) is 23.0. The van der Waals surface area contributed by atoms with Gasteiger partial charge in [-0.15, -0.1) is 0 Å². The molecular formula is C17H25NO. The maximum absolute atomic E-state index is 9.84. The van der Waals surface area contributed by atoms with Gasteiger partial charge in [-0.1, -0.05) is 43.5 Å². The molecule has 1 aliphatic carbocycles. The first-order chi connectivity index (χ1) is 9.31. The highest BCUT2D eigenvalue weighted by Crippen LogP contribution is 2.37. The van der Waals surface area contributed by atoms with E-state index in [0.29, 0.717) is 6.61 Å². The van der Waals surface area contributed by atoms with E-state index in [2.05, 4.69) is 29.2 Å². The average molecular weight is 259 g/mol. The highest BCUT2D eigenvalue weighted by atomic mass is 16.3. The van der Waals surface area contributed by atoms with Crippen molar-refractivity contribution < 1.29 is 5.11 Å². The number of hydrogen-bond donors (Lipinski definition) is 1. The van der Waals surface area contributed by atoms with Crippen molar-refractivity contribution in [1.82, 2.24) is 4.90 Å². The molecule has 0 bridgehead atoms. The van der Waals surface area contributed by atoms with Crippen molar-refractivity contribution in [3.05, 3.63) is 35.4 Å². The molecule has 104 valence electrons. The molecule has 3 rings (SSSR count). The van der Waals surface area contributed by atoms with Crippen LogP contribution >= 0.6 is 0 Å². The van der Waals surface area contributed by atoms with Crippen molar-refractivity contribution in [2.45, 2.75) is 45.1 Å². The van der Waals surface area contributed by atoms with E-state index in [4.69, 9.17) is 0 Å². The molecule has 0 amide bonds. The molecule has 0 aromatic heterocycles. The van der Waals surface area contributed by atoms with Gasteiger partial charge in [-0.2, -0.15) is 0 Å². The lowest BCUT2D eigenvalue weighted by Crippen LogP contribution is -2.43. The largest absolute Gasteiger partial charge is 0.396 e. The van der Waals surface area contributed by atoms with Gasteiger partial charge in [-0.05, 0) is 30.4 Å². The second kappa shape index (κ2) is 5.64. The lowest BCUT2D eigenvalue weighted by atomic mass is 9.74. The molecule has 1 fully saturated rings. The molecule has 19 heavy (non-hydrogen) atoms. The standard InChI is InChI=1S/C17H25NO/c19-14-17(9-4-1-5-10-17)13-18-11-8-15-6-2-3-7-16(15)12-18/h2-3,6-7,19H,1,4-5,8-14H2. The van der Waals surface area contributed by atoms with Crippen LogP contribution in [0.4, 0.5) is 0 Å². The van der Waals surface area contributed by atoms with Gasteiger partial charge in [0, 0.05) is 31.7 Å². The molecule has 1 heterocycles. The summed E-state index contributed by atoms with van der Waals surface area (Å²) in [6.07, 6.45) is 7.53. The van der Waals surface area contributed by atoms with Crippen molar-refractivity contribution in [2.24, 2.45) is 5.41 Å². The minimum atomic E-state index is 0.185. The fourth-order valence-electron chi connectivity index (χ4n) is 3.83. The van der Waals surface area contributed by atoms with E-state index in [1.165, 1.54) is 43.2 Å². The van der Waals surface area contributed by atoms with Gasteiger partial charge in [0.1, 0.15) is 0 Å². The maximum atomic E-state index is 9.84. The predicted molar refractivity (Wildman–Crippen MR) is 78.0 cm³/mol. The number of aliphatic hydroxyl groups excluding tert-OH is 1. The SMILES string of the molecule is OCC1(CN2CCc3ccccc3C2)CCCCC1. The summed E-state index contributed by atoms with van der Waals surface area (Å²) in [7, 11) is 0. The molecule has 2 nitrogen and oxygen atoms in total. The van der Waals surface area contributed by atoms with Crippen LogP contribution in [0.15, 0.2) is 24.3 Å². The molecule has 0 saturated heterocycles. The quantitative estimate of drug-likeness (QED) is 0.902. The van der Waals surface area contributed by atoms with Crippen molar-refractivity contribution in [3.8, 4) is 0 Å². The summed E-state index contributed by atoms with van der Waals surface area (Å²) in [5.74, 6) is 0. The van der Waals surface area contributed by atoms with E-state index < -0.39 is 0 Å². The van der Waals surface area contributed by atoms with E-state index in [1.807, 2.05) is 0 Å². The number of rotatable bonds is 3. The maximum Gasteiger partial charge on any atom is 0.0499 e. The van der Waals surface area contributed by atoms with Crippen molar-refractivity contribution >= 4 is 0 Å². The topological polar surface area (TPSA) is 23.5 Å². The van der Waals surface area contributed by atoms with E-state index in [-0.39, 0.29) is 5.41 Å². The molecule has 0 radical (unpaired) electrons. The Morgan fingerprint density at radius 3 is 2.53 bits per heavy atom. The van der Waals surface area contributed by atoms with Crippen LogP contribution in [0.2, 0.25) is 0 Å². The van der Waals surface area contributed by atoms with Crippen LogP contribution in [-0.2, 0) is 13.0 Å². The third-order valence-corrected chi connectivity index (χ3v) is 5.02. The van der Waals surface area contributed by atoms with Gasteiger partial charge in [0.25, 0.3) is 0 Å². The third-order valence-electron chi connectivity index (χ3n) is 5.02. The number of benzene rings is 1. The molecule has 1 aliphatic heterocycles. The Labute approximate surface area is 116 Å². The zero-order valence-corrected chi connectivity index (χ0v) is 11.8. The zero-order chi connectivity index (χ0) is 13.1. The van der Waals surface area contributed by atoms with Crippen molar-refractivity contribution in [1.29, 1.82) is 0 Å². The highest BCUT2D eigenvalue weighted by molar-refractivity contribution is 5.29. The van der Waals surface area contributed by atoms with Crippen LogP contribution in [0.5, 0.6) is 0 Å². The third kappa shape index (κ3) is 2.85. The molecule has 0 spiro atoms. The first kappa shape index (κ1) is 13.1. The second-order valence-electron chi connectivity index (χ2n) is 6.45. The summed E-state index contributed by atoms with van der Waals surface area (Å²) < 4.78 is 0. The molecule has 0 atom stereocenters. The number of aliphatic hydroxyl groups is 1. The van der Waals surface area contributed by atoms with Gasteiger partial charge in [-0.3, -0.25) is 4.90 Å². The zero-order valence-electron chi connectivity index (χ0n) is 11.8. The highest BCUT2D eigenvalue weighted by Gasteiger charge is 2.34. The van der Waals surface area contributed by atoms with Gasteiger partial charge in [0.2, 0.25) is 0 Å². The summed E-state index contributed by atoms with van der Waals surface area (Å²) in [6.45, 7) is 3.67. The lowest BCUT2D eigenvalue weighted by molar-refractivity contribution is 0.0359. The Kier molecular flexibility index (Phi) is 3.90. The molecule has 1 aromatic rings. The van der Waals surface area contributed by atoms with Crippen molar-refractivity contribution in [3.63, 3.8) is 0 Å². The molecule has 0 unspecified atom stereocenters. The van der Waals surface area contributed by atoms with E-state index >= 15 is 0 Å². The monoisotopic (exact) mass is 259 g/mol. The minimum absolute atomic E-state index is 0.185. The summed E-state index contributed by atoms with van der Waals surface area (Å²) in [5, 5.41) is 9.84. The molecule has 1 aromatic carbocycles. The molecule has 2 aliphatic rings. The molecule has 1 saturated carbocycles. The minimum Gasteiger partial charge on any atom is -0.396 e. The van der Waals surface area contributed by atoms with Crippen LogP contribution in [0, 0.1) is 5.41 Å². The van der Waals surface area contributed by atoms with Crippen LogP contribution in [0.3, 0.4) is 0 Å². The Hall–Kier alpha value is -0.860. The smallest absolute Gasteiger partial charge is 0.0499 e. The number of fused-ring (bicyclic) bond motifs is 1. The molecule has 1 N–H and O–H groups in total. The van der Waals surface area contributed by atoms with Crippen LogP contribution in [0.1, 0.15) is 43.2 Å². The summed E-state index contributed by atoms with van der Waals surface area (Å²) >= 11 is 0. The fraction of sp³-hybridized carbons (Fsp3) is 0.647. The Balaban J connectivity index is 1.68. The van der Waals surface area contributed by atoms with Crippen LogP contribution in [0.25, 0.3) is 0 Å². The van der Waals surface area contributed by atoms with E-state index in [1.54, 1.807) is 0 Å². The molecule has 2 heteroatoms. The van der Waals surface area contributed by atoms with Gasteiger partial charge >= 0.3 is 0 Å². The number of nitrogens with zero attached hydrogens (tertiary/aromatic N) is 1. The first-order valence-electron chi connectivity index (χ1n) is 7.71. The summed E-state index contributed by atoms with van der Waals surface area (Å²) in [4.78, 5) is 2.56. The molecular weight excluding hydrogens is 234 g/mol. The first-order valence-corrected chi connectivity index (χ1v) is 7.71. The lowest BCUT2D eigenvalue weighted by Gasteiger charge is -2.41. The van der Waals surface area contributed by atoms with Gasteiger partial charge in [0.15, 0.2) is 0 Å². The van der Waals surface area contributed by atoms with Crippen LogP contribution in [-0.4, -0.2) is 29.7 Å². The van der Waals surface area contributed by atoms with Gasteiger partial charge in [0.05, 0.1) is 0 Å². The Morgan fingerprint density at radius 2 is 1.79 bits per heavy atom.